The molecule has 2 aromatic heterocycles. The maximum atomic E-state index is 12.2. The van der Waals surface area contributed by atoms with Crippen LogP contribution in [-0.2, 0) is 4.79 Å². The predicted molar refractivity (Wildman–Crippen MR) is 102 cm³/mol. The van der Waals surface area contributed by atoms with Crippen molar-refractivity contribution in [3.05, 3.63) is 59.5 Å². The number of nitrogens with zero attached hydrogens (tertiary/aromatic N) is 3. The number of rotatable bonds is 6. The number of amides is 3. The van der Waals surface area contributed by atoms with Gasteiger partial charge in [-0.05, 0) is 12.1 Å². The fourth-order valence-electron chi connectivity index (χ4n) is 2.23. The Labute approximate surface area is 157 Å². The summed E-state index contributed by atoms with van der Waals surface area (Å²) in [5.74, 6) is -0.601. The highest BCUT2D eigenvalue weighted by atomic mass is 32.2. The van der Waals surface area contributed by atoms with Crippen LogP contribution in [0.2, 0.25) is 0 Å². The summed E-state index contributed by atoms with van der Waals surface area (Å²) in [4.78, 5) is 42.5. The van der Waals surface area contributed by atoms with Gasteiger partial charge in [0.15, 0.2) is 10.8 Å². The van der Waals surface area contributed by atoms with Crippen LogP contribution in [0.25, 0.3) is 16.7 Å². The number of para-hydroxylation sites is 1. The third kappa shape index (κ3) is 4.42. The maximum absolute atomic E-state index is 12.2. The molecule has 0 aliphatic heterocycles. The summed E-state index contributed by atoms with van der Waals surface area (Å²) < 4.78 is 1.55. The van der Waals surface area contributed by atoms with Gasteiger partial charge < -0.3 is 10.3 Å². The SMILES string of the molecule is C=CCNC(=O)NC(=O)CSc1nc2c(cnn2-c2ccccc2)c(=O)[nH]1. The first-order valence-electron chi connectivity index (χ1n) is 7.93. The molecule has 3 aromatic rings. The van der Waals surface area contributed by atoms with E-state index in [1.807, 2.05) is 30.3 Å². The van der Waals surface area contributed by atoms with Crippen LogP contribution in [0.3, 0.4) is 0 Å². The maximum Gasteiger partial charge on any atom is 0.321 e. The van der Waals surface area contributed by atoms with Crippen molar-refractivity contribution in [3.63, 3.8) is 0 Å². The number of urea groups is 1. The number of hydrogen-bond donors (Lipinski definition) is 3. The fraction of sp³-hybridized carbons (Fsp3) is 0.118. The number of benzene rings is 1. The Kier molecular flexibility index (Phi) is 5.67. The topological polar surface area (TPSA) is 122 Å². The smallest absolute Gasteiger partial charge is 0.321 e. The molecule has 3 amide bonds. The largest absolute Gasteiger partial charge is 0.334 e. The van der Waals surface area contributed by atoms with Crippen molar-refractivity contribution in [1.29, 1.82) is 0 Å². The average molecular weight is 384 g/mol. The van der Waals surface area contributed by atoms with Crippen molar-refractivity contribution >= 4 is 34.7 Å². The van der Waals surface area contributed by atoms with E-state index in [2.05, 4.69) is 32.3 Å². The molecule has 3 N–H and O–H groups in total. The number of fused-ring (bicyclic) bond motifs is 1. The molecule has 1 aromatic carbocycles. The number of carbonyl (C=O) groups excluding carboxylic acids is 2. The highest BCUT2D eigenvalue weighted by Gasteiger charge is 2.13. The van der Waals surface area contributed by atoms with E-state index in [1.165, 1.54) is 12.3 Å². The van der Waals surface area contributed by atoms with Gasteiger partial charge in [-0.2, -0.15) is 5.10 Å². The Morgan fingerprint density at radius 1 is 1.30 bits per heavy atom. The summed E-state index contributed by atoms with van der Waals surface area (Å²) >= 11 is 1.01. The van der Waals surface area contributed by atoms with Crippen LogP contribution >= 0.6 is 11.8 Å². The van der Waals surface area contributed by atoms with Gasteiger partial charge in [0.05, 0.1) is 17.6 Å². The van der Waals surface area contributed by atoms with Crippen LogP contribution in [0.4, 0.5) is 4.79 Å². The molecule has 10 heteroatoms. The summed E-state index contributed by atoms with van der Waals surface area (Å²) in [6.07, 6.45) is 2.94. The zero-order chi connectivity index (χ0) is 19.2. The molecule has 0 saturated carbocycles. The molecule has 138 valence electrons. The molecule has 0 unspecified atom stereocenters. The molecule has 0 bridgehead atoms. The molecule has 0 aliphatic carbocycles. The lowest BCUT2D eigenvalue weighted by Crippen LogP contribution is -2.40. The number of H-pyrrole nitrogens is 1. The molecule has 3 rings (SSSR count). The summed E-state index contributed by atoms with van der Waals surface area (Å²) in [5, 5.41) is 9.42. The lowest BCUT2D eigenvalue weighted by atomic mass is 10.3. The van der Waals surface area contributed by atoms with Crippen molar-refractivity contribution in [2.75, 3.05) is 12.3 Å². The molecule has 0 fully saturated rings. The number of nitrogens with one attached hydrogen (secondary N) is 3. The minimum absolute atomic E-state index is 0.0879. The molecule has 0 saturated heterocycles. The summed E-state index contributed by atoms with van der Waals surface area (Å²) in [6, 6.07) is 8.66. The van der Waals surface area contributed by atoms with Crippen LogP contribution in [0.15, 0.2) is 59.1 Å². The number of carbonyl (C=O) groups is 2. The van der Waals surface area contributed by atoms with Crippen LogP contribution in [0.1, 0.15) is 0 Å². The minimum Gasteiger partial charge on any atom is -0.334 e. The summed E-state index contributed by atoms with van der Waals surface area (Å²) in [5.41, 5.74) is 0.795. The van der Waals surface area contributed by atoms with Crippen LogP contribution in [0.5, 0.6) is 0 Å². The second-order valence-electron chi connectivity index (χ2n) is 5.34. The molecule has 27 heavy (non-hydrogen) atoms. The molecular formula is C17H16N6O3S. The highest BCUT2D eigenvalue weighted by Crippen LogP contribution is 2.17. The average Bonchev–Trinajstić information content (AvgIpc) is 3.10. The van der Waals surface area contributed by atoms with Gasteiger partial charge in [-0.15, -0.1) is 6.58 Å². The van der Waals surface area contributed by atoms with E-state index in [0.29, 0.717) is 11.0 Å². The number of imide groups is 1. The van der Waals surface area contributed by atoms with E-state index in [9.17, 15) is 14.4 Å². The number of aromatic amines is 1. The number of aromatic nitrogens is 4. The standard InChI is InChI=1S/C17H16N6O3S/c1-2-8-18-16(26)20-13(24)10-27-17-21-14-12(15(25)22-17)9-19-23(14)11-6-4-3-5-7-11/h2-7,9H,1,8,10H2,(H,21,22,25)(H2,18,20,24,26). The van der Waals surface area contributed by atoms with Gasteiger partial charge in [0.2, 0.25) is 5.91 Å². The third-order valence-corrected chi connectivity index (χ3v) is 4.29. The molecule has 0 spiro atoms. The van der Waals surface area contributed by atoms with Gasteiger partial charge in [0.25, 0.3) is 5.56 Å². The normalized spacial score (nSPS) is 10.5. The second-order valence-corrected chi connectivity index (χ2v) is 6.30. The first kappa shape index (κ1) is 18.4. The van der Waals surface area contributed by atoms with Crippen molar-refractivity contribution < 1.29 is 9.59 Å². The van der Waals surface area contributed by atoms with Crippen molar-refractivity contribution in [1.82, 2.24) is 30.4 Å². The quantitative estimate of drug-likeness (QED) is 0.334. The van der Waals surface area contributed by atoms with Crippen LogP contribution < -0.4 is 16.2 Å². The predicted octanol–water partition coefficient (Wildman–Crippen LogP) is 1.21. The van der Waals surface area contributed by atoms with Gasteiger partial charge in [-0.25, -0.2) is 14.5 Å². The lowest BCUT2D eigenvalue weighted by molar-refractivity contribution is -0.117. The van der Waals surface area contributed by atoms with Crippen molar-refractivity contribution in [3.8, 4) is 5.69 Å². The zero-order valence-electron chi connectivity index (χ0n) is 14.1. The minimum atomic E-state index is -0.612. The number of thioether (sulfide) groups is 1. The highest BCUT2D eigenvalue weighted by molar-refractivity contribution is 7.99. The van der Waals surface area contributed by atoms with Gasteiger partial charge in [-0.1, -0.05) is 36.0 Å². The molecular weight excluding hydrogens is 368 g/mol. The van der Waals surface area contributed by atoms with Gasteiger partial charge in [0, 0.05) is 6.54 Å². The van der Waals surface area contributed by atoms with Crippen molar-refractivity contribution in [2.24, 2.45) is 0 Å². The Balaban J connectivity index is 1.76. The van der Waals surface area contributed by atoms with Gasteiger partial charge >= 0.3 is 6.03 Å². The Hall–Kier alpha value is -3.40. The van der Waals surface area contributed by atoms with Crippen molar-refractivity contribution in [2.45, 2.75) is 5.16 Å². The van der Waals surface area contributed by atoms with Crippen LogP contribution in [-0.4, -0.2) is 44.0 Å². The van der Waals surface area contributed by atoms with E-state index in [0.717, 1.165) is 17.4 Å². The van der Waals surface area contributed by atoms with E-state index < -0.39 is 11.9 Å². The molecule has 9 nitrogen and oxygen atoms in total. The van der Waals surface area contributed by atoms with E-state index in [4.69, 9.17) is 0 Å². The Morgan fingerprint density at radius 2 is 2.07 bits per heavy atom. The number of hydrogen-bond acceptors (Lipinski definition) is 6. The summed E-state index contributed by atoms with van der Waals surface area (Å²) in [7, 11) is 0. The van der Waals surface area contributed by atoms with E-state index in [1.54, 1.807) is 4.68 Å². The first-order chi connectivity index (χ1) is 13.1. The molecule has 0 radical (unpaired) electrons. The van der Waals surface area contributed by atoms with Gasteiger partial charge in [0.1, 0.15) is 5.39 Å². The molecule has 0 atom stereocenters. The molecule has 2 heterocycles. The zero-order valence-corrected chi connectivity index (χ0v) is 15.0. The Morgan fingerprint density at radius 3 is 2.81 bits per heavy atom. The first-order valence-corrected chi connectivity index (χ1v) is 8.92. The molecule has 0 aliphatic rings. The third-order valence-electron chi connectivity index (χ3n) is 3.42. The lowest BCUT2D eigenvalue weighted by Gasteiger charge is -2.05. The van der Waals surface area contributed by atoms with E-state index in [-0.39, 0.29) is 23.0 Å². The van der Waals surface area contributed by atoms with Crippen LogP contribution in [0, 0.1) is 0 Å². The summed E-state index contributed by atoms with van der Waals surface area (Å²) in [6.45, 7) is 3.72. The van der Waals surface area contributed by atoms with Gasteiger partial charge in [-0.3, -0.25) is 14.9 Å². The van der Waals surface area contributed by atoms with E-state index >= 15 is 0 Å². The monoisotopic (exact) mass is 384 g/mol. The Bertz CT molecular complexity index is 1040. The fourth-order valence-corrected chi connectivity index (χ4v) is 2.89. The second kappa shape index (κ2) is 8.32.